The molecule has 0 bridgehead atoms. The lowest BCUT2D eigenvalue weighted by molar-refractivity contribution is 0.0954. The fraction of sp³-hybridized carbons (Fsp3) is 0.192. The van der Waals surface area contributed by atoms with Gasteiger partial charge in [-0.3, -0.25) is 9.59 Å². The minimum absolute atomic E-state index is 0.0340. The molecule has 0 saturated carbocycles. The number of rotatable bonds is 5. The van der Waals surface area contributed by atoms with E-state index in [-0.39, 0.29) is 17.2 Å². The van der Waals surface area contributed by atoms with Crippen LogP contribution < -0.4 is 10.7 Å². The molecule has 0 unspecified atom stereocenters. The normalized spacial score (nSPS) is 11.7. The molecule has 0 radical (unpaired) electrons. The summed E-state index contributed by atoms with van der Waals surface area (Å²) in [7, 11) is 0. The highest BCUT2D eigenvalue weighted by Crippen LogP contribution is 2.22. The van der Waals surface area contributed by atoms with Gasteiger partial charge in [0.1, 0.15) is 0 Å². The Morgan fingerprint density at radius 2 is 1.25 bits per heavy atom. The molecule has 0 fully saturated rings. The Bertz CT molecular complexity index is 1130. The third-order valence-corrected chi connectivity index (χ3v) is 5.53. The van der Waals surface area contributed by atoms with Crippen LogP contribution in [0.3, 0.4) is 0 Å². The lowest BCUT2D eigenvalue weighted by atomic mass is 9.87. The monoisotopic (exact) mass is 491 g/mol. The summed E-state index contributed by atoms with van der Waals surface area (Å²) in [6, 6.07) is 22.0. The number of hydrogen-bond donors (Lipinski definition) is 2. The highest BCUT2D eigenvalue weighted by atomic mass is 79.9. The summed E-state index contributed by atoms with van der Waals surface area (Å²) in [4.78, 5) is 24.9. The average molecular weight is 492 g/mol. The van der Waals surface area contributed by atoms with Crippen molar-refractivity contribution in [3.63, 3.8) is 0 Å². The molecule has 3 aromatic rings. The topological polar surface area (TPSA) is 70.6 Å². The maximum absolute atomic E-state index is 12.5. The second-order valence-electron chi connectivity index (χ2n) is 8.50. The molecule has 164 valence electrons. The second-order valence-corrected chi connectivity index (χ2v) is 9.42. The number of amides is 2. The Morgan fingerprint density at radius 1 is 0.750 bits per heavy atom. The highest BCUT2D eigenvalue weighted by Gasteiger charge is 2.14. The van der Waals surface area contributed by atoms with Crippen molar-refractivity contribution in [1.29, 1.82) is 0 Å². The van der Waals surface area contributed by atoms with Crippen LogP contribution in [0.1, 0.15) is 59.5 Å². The molecular weight excluding hydrogens is 466 g/mol. The molecule has 2 N–H and O–H groups in total. The van der Waals surface area contributed by atoms with E-state index in [0.717, 1.165) is 10.0 Å². The fourth-order valence-corrected chi connectivity index (χ4v) is 3.25. The summed E-state index contributed by atoms with van der Waals surface area (Å²) in [5.41, 5.74) is 7.03. The minimum Gasteiger partial charge on any atom is -0.322 e. The summed E-state index contributed by atoms with van der Waals surface area (Å²) >= 11 is 3.40. The van der Waals surface area contributed by atoms with Crippen LogP contribution in [0.4, 0.5) is 5.69 Å². The molecule has 0 heterocycles. The van der Waals surface area contributed by atoms with Gasteiger partial charge >= 0.3 is 0 Å². The standard InChI is InChI=1S/C26H26BrN3O2/c1-17(18-7-13-22(27)14-8-18)29-30-25(32)20-9-15-23(16-10-20)28-24(31)19-5-11-21(12-6-19)26(2,3)4/h5-16H,1-4H3,(H,28,31)(H,30,32). The third-order valence-electron chi connectivity index (χ3n) is 5.01. The first-order chi connectivity index (χ1) is 15.1. The minimum atomic E-state index is -0.322. The maximum atomic E-state index is 12.5. The SMILES string of the molecule is CC(=NNC(=O)c1ccc(NC(=O)c2ccc(C(C)(C)C)cc2)cc1)c1ccc(Br)cc1. The van der Waals surface area contributed by atoms with E-state index in [1.54, 1.807) is 24.3 Å². The third kappa shape index (κ3) is 6.14. The van der Waals surface area contributed by atoms with Crippen LogP contribution in [0.5, 0.6) is 0 Å². The Kier molecular flexibility index (Phi) is 7.26. The summed E-state index contributed by atoms with van der Waals surface area (Å²) < 4.78 is 0.979. The Morgan fingerprint density at radius 3 is 1.81 bits per heavy atom. The summed E-state index contributed by atoms with van der Waals surface area (Å²) in [5, 5.41) is 7.02. The first-order valence-electron chi connectivity index (χ1n) is 10.3. The molecule has 2 amide bonds. The second kappa shape index (κ2) is 9.92. The summed E-state index contributed by atoms with van der Waals surface area (Å²) in [6.45, 7) is 8.23. The van der Waals surface area contributed by atoms with Crippen LogP contribution in [-0.4, -0.2) is 17.5 Å². The quantitative estimate of drug-likeness (QED) is 0.331. The van der Waals surface area contributed by atoms with Crippen molar-refractivity contribution in [3.8, 4) is 0 Å². The predicted octanol–water partition coefficient (Wildman–Crippen LogP) is 6.15. The number of hydrazone groups is 1. The van der Waals surface area contributed by atoms with E-state index in [9.17, 15) is 9.59 Å². The van der Waals surface area contributed by atoms with Crippen molar-refractivity contribution in [2.24, 2.45) is 5.10 Å². The number of nitrogens with zero attached hydrogens (tertiary/aromatic N) is 1. The van der Waals surface area contributed by atoms with Crippen LogP contribution in [0, 0.1) is 0 Å². The average Bonchev–Trinajstić information content (AvgIpc) is 2.77. The van der Waals surface area contributed by atoms with E-state index in [1.807, 2.05) is 55.5 Å². The summed E-state index contributed by atoms with van der Waals surface area (Å²) in [5.74, 6) is -0.519. The lowest BCUT2D eigenvalue weighted by Crippen LogP contribution is -2.19. The molecule has 3 rings (SSSR count). The van der Waals surface area contributed by atoms with Crippen molar-refractivity contribution in [1.82, 2.24) is 5.43 Å². The molecule has 0 aliphatic heterocycles. The number of halogens is 1. The molecule has 0 aliphatic rings. The number of nitrogens with one attached hydrogen (secondary N) is 2. The van der Waals surface area contributed by atoms with Crippen LogP contribution in [0.15, 0.2) is 82.4 Å². The van der Waals surface area contributed by atoms with E-state index in [4.69, 9.17) is 0 Å². The van der Waals surface area contributed by atoms with Crippen molar-refractivity contribution in [2.75, 3.05) is 5.32 Å². The van der Waals surface area contributed by atoms with E-state index < -0.39 is 0 Å². The predicted molar refractivity (Wildman–Crippen MR) is 133 cm³/mol. The van der Waals surface area contributed by atoms with Crippen LogP contribution >= 0.6 is 15.9 Å². The van der Waals surface area contributed by atoms with Gasteiger partial charge in [-0.05, 0) is 72.0 Å². The molecule has 6 heteroatoms. The Labute approximate surface area is 197 Å². The van der Waals surface area contributed by atoms with E-state index in [0.29, 0.717) is 22.5 Å². The van der Waals surface area contributed by atoms with Crippen molar-refractivity contribution in [2.45, 2.75) is 33.1 Å². The lowest BCUT2D eigenvalue weighted by Gasteiger charge is -2.19. The molecule has 5 nitrogen and oxygen atoms in total. The number of hydrogen-bond acceptors (Lipinski definition) is 3. The van der Waals surface area contributed by atoms with Gasteiger partial charge in [0.15, 0.2) is 0 Å². The van der Waals surface area contributed by atoms with Crippen LogP contribution in [0.25, 0.3) is 0 Å². The number of benzene rings is 3. The molecule has 0 spiro atoms. The van der Waals surface area contributed by atoms with Gasteiger partial charge in [-0.25, -0.2) is 5.43 Å². The molecule has 32 heavy (non-hydrogen) atoms. The highest BCUT2D eigenvalue weighted by molar-refractivity contribution is 9.10. The smallest absolute Gasteiger partial charge is 0.271 e. The van der Waals surface area contributed by atoms with Crippen LogP contribution in [0.2, 0.25) is 0 Å². The van der Waals surface area contributed by atoms with Gasteiger partial charge in [0, 0.05) is 21.3 Å². The van der Waals surface area contributed by atoms with E-state index in [1.165, 1.54) is 5.56 Å². The zero-order valence-corrected chi connectivity index (χ0v) is 20.2. The van der Waals surface area contributed by atoms with Crippen LogP contribution in [-0.2, 0) is 5.41 Å². The zero-order chi connectivity index (χ0) is 23.3. The molecule has 3 aromatic carbocycles. The zero-order valence-electron chi connectivity index (χ0n) is 18.6. The number of carbonyl (C=O) groups excluding carboxylic acids is 2. The first-order valence-corrected chi connectivity index (χ1v) is 11.1. The fourth-order valence-electron chi connectivity index (χ4n) is 2.98. The molecule has 0 aliphatic carbocycles. The van der Waals surface area contributed by atoms with E-state index in [2.05, 4.69) is 52.5 Å². The van der Waals surface area contributed by atoms with Gasteiger partial charge in [0.05, 0.1) is 5.71 Å². The molecule has 0 saturated heterocycles. The van der Waals surface area contributed by atoms with Crippen molar-refractivity contribution < 1.29 is 9.59 Å². The molecule has 0 aromatic heterocycles. The number of anilines is 1. The number of carbonyl (C=O) groups is 2. The largest absolute Gasteiger partial charge is 0.322 e. The van der Waals surface area contributed by atoms with E-state index >= 15 is 0 Å². The van der Waals surface area contributed by atoms with Gasteiger partial charge in [-0.1, -0.05) is 61.0 Å². The summed E-state index contributed by atoms with van der Waals surface area (Å²) in [6.07, 6.45) is 0. The first kappa shape index (κ1) is 23.4. The van der Waals surface area contributed by atoms with Gasteiger partial charge < -0.3 is 5.32 Å². The Balaban J connectivity index is 1.60. The van der Waals surface area contributed by atoms with Gasteiger partial charge in [-0.2, -0.15) is 5.10 Å². The van der Waals surface area contributed by atoms with Crippen molar-refractivity contribution >= 4 is 39.1 Å². The van der Waals surface area contributed by atoms with Gasteiger partial charge in [0.25, 0.3) is 11.8 Å². The molecule has 0 atom stereocenters. The maximum Gasteiger partial charge on any atom is 0.271 e. The van der Waals surface area contributed by atoms with Crippen molar-refractivity contribution in [3.05, 3.63) is 99.5 Å². The van der Waals surface area contributed by atoms with Gasteiger partial charge in [-0.15, -0.1) is 0 Å². The molecular formula is C26H26BrN3O2. The Hall–Kier alpha value is -3.25. The van der Waals surface area contributed by atoms with Gasteiger partial charge in [0.2, 0.25) is 0 Å².